The Morgan fingerprint density at radius 2 is 1.61 bits per heavy atom. The van der Waals surface area contributed by atoms with E-state index in [0.29, 0.717) is 5.56 Å². The molecule has 0 aliphatic carbocycles. The molecule has 0 fully saturated rings. The summed E-state index contributed by atoms with van der Waals surface area (Å²) in [6, 6.07) is 15.3. The second-order valence-electron chi connectivity index (χ2n) is 6.98. The molecule has 1 atom stereocenters. The first-order valence-corrected chi connectivity index (χ1v) is 9.91. The maximum Gasteiger partial charge on any atom is 0.307 e. The molecule has 0 radical (unpaired) electrons. The molecule has 0 aliphatic heterocycles. The minimum atomic E-state index is -0.858. The van der Waals surface area contributed by atoms with Crippen LogP contribution in [0.3, 0.4) is 0 Å². The van der Waals surface area contributed by atoms with Crippen molar-refractivity contribution in [3.05, 3.63) is 71.3 Å². The number of carbonyl (C=O) groups excluding carboxylic acids is 4. The van der Waals surface area contributed by atoms with Gasteiger partial charge in [0, 0.05) is 18.5 Å². The largest absolute Gasteiger partial charge is 0.469 e. The number of nitrogens with one attached hydrogen (secondary N) is 3. The van der Waals surface area contributed by atoms with Crippen LogP contribution < -0.4 is 16.0 Å². The van der Waals surface area contributed by atoms with E-state index in [0.717, 1.165) is 11.1 Å². The summed E-state index contributed by atoms with van der Waals surface area (Å²) in [6.07, 6.45) is 0.295. The van der Waals surface area contributed by atoms with Crippen LogP contribution in [0.15, 0.2) is 54.6 Å². The second kappa shape index (κ2) is 12.1. The topological polar surface area (TPSA) is 114 Å². The van der Waals surface area contributed by atoms with Gasteiger partial charge in [-0.2, -0.15) is 0 Å². The molecule has 0 aromatic heterocycles. The Morgan fingerprint density at radius 1 is 0.935 bits per heavy atom. The number of methoxy groups -OCH3 is 1. The molecule has 3 amide bonds. The summed E-state index contributed by atoms with van der Waals surface area (Å²) in [5.74, 6) is -1.74. The highest BCUT2D eigenvalue weighted by Gasteiger charge is 2.21. The predicted octanol–water partition coefficient (Wildman–Crippen LogP) is 1.13. The van der Waals surface area contributed by atoms with Crippen molar-refractivity contribution in [1.82, 2.24) is 16.0 Å². The zero-order valence-corrected chi connectivity index (χ0v) is 17.6. The third-order valence-electron chi connectivity index (χ3n) is 4.51. The number of aryl methyl sites for hydroxylation is 1. The summed E-state index contributed by atoms with van der Waals surface area (Å²) in [6.45, 7) is 1.74. The lowest BCUT2D eigenvalue weighted by Gasteiger charge is -2.19. The zero-order chi connectivity index (χ0) is 22.6. The van der Waals surface area contributed by atoms with Crippen LogP contribution in [0, 0.1) is 6.92 Å². The summed E-state index contributed by atoms with van der Waals surface area (Å²) in [5.41, 5.74) is 2.33. The maximum absolute atomic E-state index is 12.6. The van der Waals surface area contributed by atoms with E-state index in [1.807, 2.05) is 49.4 Å². The van der Waals surface area contributed by atoms with E-state index < -0.39 is 23.8 Å². The molecule has 0 spiro atoms. The van der Waals surface area contributed by atoms with Crippen LogP contribution in [-0.2, 0) is 25.5 Å². The van der Waals surface area contributed by atoms with Crippen molar-refractivity contribution in [3.8, 4) is 0 Å². The molecule has 8 heteroatoms. The Bertz CT molecular complexity index is 897. The van der Waals surface area contributed by atoms with E-state index in [2.05, 4.69) is 20.7 Å². The summed E-state index contributed by atoms with van der Waals surface area (Å²) < 4.78 is 4.55. The minimum absolute atomic E-state index is 0.0286. The van der Waals surface area contributed by atoms with Gasteiger partial charge in [0.2, 0.25) is 11.8 Å². The molecule has 2 rings (SSSR count). The van der Waals surface area contributed by atoms with E-state index in [-0.39, 0.29) is 31.8 Å². The first-order chi connectivity index (χ1) is 14.9. The standard InChI is InChI=1S/C23H27N3O5/c1-16-8-10-18(11-9-16)22(29)25-15-20(27)26-19(14-17-6-4-3-5-7-17)23(30)24-13-12-21(28)31-2/h3-11,19H,12-15H2,1-2H3,(H,24,30)(H,25,29)(H,26,27). The molecule has 2 aromatic carbocycles. The summed E-state index contributed by atoms with van der Waals surface area (Å²) >= 11 is 0. The van der Waals surface area contributed by atoms with Crippen LogP contribution in [0.5, 0.6) is 0 Å². The first-order valence-electron chi connectivity index (χ1n) is 9.91. The molecule has 0 heterocycles. The SMILES string of the molecule is COC(=O)CCNC(=O)C(Cc1ccccc1)NC(=O)CNC(=O)c1ccc(C)cc1. The first kappa shape index (κ1) is 23.6. The van der Waals surface area contributed by atoms with Gasteiger partial charge in [-0.1, -0.05) is 48.0 Å². The van der Waals surface area contributed by atoms with Crippen molar-refractivity contribution >= 4 is 23.7 Å². The van der Waals surface area contributed by atoms with E-state index in [1.54, 1.807) is 12.1 Å². The lowest BCUT2D eigenvalue weighted by molar-refractivity contribution is -0.140. The molecule has 0 aliphatic rings. The highest BCUT2D eigenvalue weighted by molar-refractivity contribution is 5.97. The zero-order valence-electron chi connectivity index (χ0n) is 17.6. The smallest absolute Gasteiger partial charge is 0.307 e. The number of rotatable bonds is 10. The molecular formula is C23H27N3O5. The average molecular weight is 425 g/mol. The van der Waals surface area contributed by atoms with Crippen LogP contribution >= 0.6 is 0 Å². The molecule has 31 heavy (non-hydrogen) atoms. The molecule has 8 nitrogen and oxygen atoms in total. The third kappa shape index (κ3) is 8.30. The van der Waals surface area contributed by atoms with Crippen molar-refractivity contribution in [3.63, 3.8) is 0 Å². The van der Waals surface area contributed by atoms with Crippen LogP contribution in [-0.4, -0.2) is 49.9 Å². The lowest BCUT2D eigenvalue weighted by Crippen LogP contribution is -2.50. The van der Waals surface area contributed by atoms with Crippen molar-refractivity contribution in [1.29, 1.82) is 0 Å². The predicted molar refractivity (Wildman–Crippen MR) is 115 cm³/mol. The second-order valence-corrected chi connectivity index (χ2v) is 6.98. The number of carbonyl (C=O) groups is 4. The van der Waals surface area contributed by atoms with E-state index in [9.17, 15) is 19.2 Å². The van der Waals surface area contributed by atoms with Gasteiger partial charge >= 0.3 is 5.97 Å². The summed E-state index contributed by atoms with van der Waals surface area (Å²) in [5, 5.41) is 7.83. The number of amides is 3. The molecule has 3 N–H and O–H groups in total. The van der Waals surface area contributed by atoms with E-state index >= 15 is 0 Å². The maximum atomic E-state index is 12.6. The normalized spacial score (nSPS) is 11.2. The Hall–Kier alpha value is -3.68. The van der Waals surface area contributed by atoms with Gasteiger partial charge in [-0.3, -0.25) is 19.2 Å². The Balaban J connectivity index is 1.94. The number of hydrogen-bond acceptors (Lipinski definition) is 5. The molecule has 0 bridgehead atoms. The molecular weight excluding hydrogens is 398 g/mol. The van der Waals surface area contributed by atoms with Gasteiger partial charge in [-0.15, -0.1) is 0 Å². The van der Waals surface area contributed by atoms with Crippen molar-refractivity contribution < 1.29 is 23.9 Å². The van der Waals surface area contributed by atoms with Gasteiger partial charge in [0.15, 0.2) is 0 Å². The molecule has 2 aromatic rings. The van der Waals surface area contributed by atoms with Gasteiger partial charge in [0.1, 0.15) is 6.04 Å². The van der Waals surface area contributed by atoms with Crippen molar-refractivity contribution in [2.75, 3.05) is 20.2 Å². The van der Waals surface area contributed by atoms with E-state index in [4.69, 9.17) is 0 Å². The van der Waals surface area contributed by atoms with Crippen molar-refractivity contribution in [2.45, 2.75) is 25.8 Å². The third-order valence-corrected chi connectivity index (χ3v) is 4.51. The number of ether oxygens (including phenoxy) is 1. The van der Waals surface area contributed by atoms with Gasteiger partial charge in [-0.25, -0.2) is 0 Å². The van der Waals surface area contributed by atoms with Gasteiger partial charge in [0.05, 0.1) is 20.1 Å². The highest BCUT2D eigenvalue weighted by Crippen LogP contribution is 2.05. The van der Waals surface area contributed by atoms with Gasteiger partial charge in [0.25, 0.3) is 5.91 Å². The quantitative estimate of drug-likeness (QED) is 0.494. The fourth-order valence-electron chi connectivity index (χ4n) is 2.79. The summed E-state index contributed by atoms with van der Waals surface area (Å²) in [7, 11) is 1.27. The Kier molecular flexibility index (Phi) is 9.22. The van der Waals surface area contributed by atoms with Crippen molar-refractivity contribution in [2.24, 2.45) is 0 Å². The lowest BCUT2D eigenvalue weighted by atomic mass is 10.1. The summed E-state index contributed by atoms with van der Waals surface area (Å²) in [4.78, 5) is 48.4. The van der Waals surface area contributed by atoms with Crippen LogP contribution in [0.1, 0.15) is 27.9 Å². The average Bonchev–Trinajstić information content (AvgIpc) is 2.78. The van der Waals surface area contributed by atoms with Crippen LogP contribution in [0.2, 0.25) is 0 Å². The Labute approximate surface area is 181 Å². The van der Waals surface area contributed by atoms with Gasteiger partial charge in [-0.05, 0) is 24.6 Å². The monoisotopic (exact) mass is 425 g/mol. The number of benzene rings is 2. The molecule has 164 valence electrons. The van der Waals surface area contributed by atoms with Crippen LogP contribution in [0.4, 0.5) is 0 Å². The highest BCUT2D eigenvalue weighted by atomic mass is 16.5. The Morgan fingerprint density at radius 3 is 2.26 bits per heavy atom. The molecule has 0 saturated heterocycles. The molecule has 0 saturated carbocycles. The number of esters is 1. The molecule has 1 unspecified atom stereocenters. The van der Waals surface area contributed by atoms with E-state index in [1.165, 1.54) is 7.11 Å². The number of hydrogen-bond donors (Lipinski definition) is 3. The van der Waals surface area contributed by atoms with Crippen LogP contribution in [0.25, 0.3) is 0 Å². The fraction of sp³-hybridized carbons (Fsp3) is 0.304. The minimum Gasteiger partial charge on any atom is -0.469 e. The fourth-order valence-corrected chi connectivity index (χ4v) is 2.79. The van der Waals surface area contributed by atoms with Gasteiger partial charge < -0.3 is 20.7 Å².